The highest BCUT2D eigenvalue weighted by Crippen LogP contribution is 2.29. The Balaban J connectivity index is 1.52. The van der Waals surface area contributed by atoms with Crippen molar-refractivity contribution in [1.82, 2.24) is 4.90 Å². The molecule has 4 heteroatoms. The van der Waals surface area contributed by atoms with E-state index in [1.54, 1.807) is 0 Å². The lowest BCUT2D eigenvalue weighted by molar-refractivity contribution is -0.132. The number of likely N-dealkylation sites (tertiary alicyclic amines) is 1. The number of para-hydroxylation sites is 3. The summed E-state index contributed by atoms with van der Waals surface area (Å²) in [5.41, 5.74) is 0.909. The van der Waals surface area contributed by atoms with Crippen LogP contribution in [-0.2, 0) is 4.79 Å². The Bertz CT molecular complexity index is 679. The van der Waals surface area contributed by atoms with Gasteiger partial charge in [0.1, 0.15) is 5.75 Å². The van der Waals surface area contributed by atoms with Crippen molar-refractivity contribution in [3.8, 4) is 11.5 Å². The number of hydrogen-bond acceptors (Lipinski definition) is 3. The molecule has 3 rings (SSSR count). The van der Waals surface area contributed by atoms with Gasteiger partial charge >= 0.3 is 0 Å². The molecule has 25 heavy (non-hydrogen) atoms. The number of carbonyl (C=O) groups excluding carboxylic acids is 1. The van der Waals surface area contributed by atoms with Crippen molar-refractivity contribution in [3.63, 3.8) is 0 Å². The van der Waals surface area contributed by atoms with Gasteiger partial charge in [0, 0.05) is 26.1 Å². The third kappa shape index (κ3) is 4.99. The summed E-state index contributed by atoms with van der Waals surface area (Å²) in [5, 5.41) is 3.34. The summed E-state index contributed by atoms with van der Waals surface area (Å²) >= 11 is 0. The smallest absolute Gasteiger partial charge is 0.224 e. The van der Waals surface area contributed by atoms with E-state index in [9.17, 15) is 4.79 Å². The maximum atomic E-state index is 12.3. The van der Waals surface area contributed by atoms with Crippen molar-refractivity contribution < 1.29 is 9.53 Å². The van der Waals surface area contributed by atoms with Gasteiger partial charge in [0.05, 0.1) is 5.69 Å². The molecule has 4 nitrogen and oxygen atoms in total. The molecule has 0 atom stereocenters. The molecule has 1 fully saturated rings. The quantitative estimate of drug-likeness (QED) is 0.841. The van der Waals surface area contributed by atoms with Gasteiger partial charge in [0.15, 0.2) is 5.75 Å². The van der Waals surface area contributed by atoms with Crippen LogP contribution < -0.4 is 10.1 Å². The van der Waals surface area contributed by atoms with E-state index in [-0.39, 0.29) is 5.91 Å². The molecule has 1 aliphatic heterocycles. The van der Waals surface area contributed by atoms with Crippen LogP contribution in [0.4, 0.5) is 5.69 Å². The van der Waals surface area contributed by atoms with Crippen LogP contribution >= 0.6 is 0 Å². The fourth-order valence-corrected chi connectivity index (χ4v) is 3.04. The number of anilines is 1. The zero-order valence-corrected chi connectivity index (χ0v) is 14.8. The second-order valence-electron chi connectivity index (χ2n) is 6.65. The molecule has 1 amide bonds. The lowest BCUT2D eigenvalue weighted by atomic mass is 9.99. The summed E-state index contributed by atoms with van der Waals surface area (Å²) < 4.78 is 5.94. The molecule has 0 radical (unpaired) electrons. The molecule has 0 bridgehead atoms. The van der Waals surface area contributed by atoms with Gasteiger partial charge < -0.3 is 15.0 Å². The van der Waals surface area contributed by atoms with Gasteiger partial charge in [-0.15, -0.1) is 0 Å². The number of amides is 1. The number of piperidine rings is 1. The highest BCUT2D eigenvalue weighted by atomic mass is 16.5. The first-order valence-electron chi connectivity index (χ1n) is 9.06. The molecule has 1 aliphatic rings. The van der Waals surface area contributed by atoms with Gasteiger partial charge in [-0.1, -0.05) is 37.3 Å². The SMILES string of the molecule is CC1CCN(C(=O)CCNc2ccccc2Oc2ccccc2)CC1. The van der Waals surface area contributed by atoms with Gasteiger partial charge in [0.2, 0.25) is 5.91 Å². The van der Waals surface area contributed by atoms with Crippen molar-refractivity contribution in [2.24, 2.45) is 5.92 Å². The van der Waals surface area contributed by atoms with E-state index >= 15 is 0 Å². The van der Waals surface area contributed by atoms with E-state index in [2.05, 4.69) is 12.2 Å². The minimum atomic E-state index is 0.237. The van der Waals surface area contributed by atoms with Crippen molar-refractivity contribution in [2.75, 3.05) is 25.0 Å². The number of ether oxygens (including phenoxy) is 1. The second kappa shape index (κ2) is 8.56. The van der Waals surface area contributed by atoms with E-state index in [4.69, 9.17) is 4.74 Å². The molecular formula is C21H26N2O2. The Morgan fingerprint density at radius 1 is 1.08 bits per heavy atom. The van der Waals surface area contributed by atoms with Crippen molar-refractivity contribution in [3.05, 3.63) is 54.6 Å². The summed E-state index contributed by atoms with van der Waals surface area (Å²) in [5.74, 6) is 2.55. The molecule has 1 heterocycles. The minimum absolute atomic E-state index is 0.237. The van der Waals surface area contributed by atoms with Crippen LogP contribution in [0.5, 0.6) is 11.5 Å². The van der Waals surface area contributed by atoms with Crippen LogP contribution in [0.3, 0.4) is 0 Å². The Hall–Kier alpha value is -2.49. The summed E-state index contributed by atoms with van der Waals surface area (Å²) in [6, 6.07) is 17.5. The summed E-state index contributed by atoms with van der Waals surface area (Å²) in [7, 11) is 0. The van der Waals surface area contributed by atoms with E-state index in [0.29, 0.717) is 13.0 Å². The summed E-state index contributed by atoms with van der Waals surface area (Å²) in [6.07, 6.45) is 2.74. The lowest BCUT2D eigenvalue weighted by Gasteiger charge is -2.30. The Morgan fingerprint density at radius 3 is 2.52 bits per heavy atom. The van der Waals surface area contributed by atoms with Gasteiger partial charge in [-0.2, -0.15) is 0 Å². The second-order valence-corrected chi connectivity index (χ2v) is 6.65. The molecule has 0 aliphatic carbocycles. The fraction of sp³-hybridized carbons (Fsp3) is 0.381. The largest absolute Gasteiger partial charge is 0.455 e. The van der Waals surface area contributed by atoms with Crippen LogP contribution in [0.25, 0.3) is 0 Å². The monoisotopic (exact) mass is 338 g/mol. The summed E-state index contributed by atoms with van der Waals surface area (Å²) in [6.45, 7) is 4.66. The minimum Gasteiger partial charge on any atom is -0.455 e. The fourth-order valence-electron chi connectivity index (χ4n) is 3.04. The van der Waals surface area contributed by atoms with Gasteiger partial charge in [-0.3, -0.25) is 4.79 Å². The first-order valence-corrected chi connectivity index (χ1v) is 9.06. The highest BCUT2D eigenvalue weighted by molar-refractivity contribution is 5.77. The van der Waals surface area contributed by atoms with Gasteiger partial charge in [-0.25, -0.2) is 0 Å². The molecule has 2 aromatic carbocycles. The van der Waals surface area contributed by atoms with Crippen LogP contribution in [0.2, 0.25) is 0 Å². The molecule has 0 saturated carbocycles. The molecule has 132 valence electrons. The number of carbonyl (C=O) groups is 1. The van der Waals surface area contributed by atoms with Crippen LogP contribution in [-0.4, -0.2) is 30.4 Å². The maximum absolute atomic E-state index is 12.3. The van der Waals surface area contributed by atoms with E-state index in [1.807, 2.05) is 59.5 Å². The zero-order valence-electron chi connectivity index (χ0n) is 14.8. The molecule has 0 unspecified atom stereocenters. The Morgan fingerprint density at radius 2 is 1.76 bits per heavy atom. The third-order valence-electron chi connectivity index (χ3n) is 4.65. The van der Waals surface area contributed by atoms with E-state index in [1.165, 1.54) is 0 Å². The van der Waals surface area contributed by atoms with Crippen molar-refractivity contribution >= 4 is 11.6 Å². The Labute approximate surface area is 149 Å². The summed E-state index contributed by atoms with van der Waals surface area (Å²) in [4.78, 5) is 14.3. The first kappa shape index (κ1) is 17.3. The molecule has 1 saturated heterocycles. The standard InChI is InChI=1S/C21H26N2O2/c1-17-12-15-23(16-13-17)21(24)11-14-22-19-9-5-6-10-20(19)25-18-7-3-2-4-8-18/h2-10,17,22H,11-16H2,1H3. The molecule has 1 N–H and O–H groups in total. The van der Waals surface area contributed by atoms with Crippen LogP contribution in [0.15, 0.2) is 54.6 Å². The number of rotatable bonds is 6. The molecule has 0 spiro atoms. The predicted octanol–water partition coefficient (Wildman–Crippen LogP) is 4.54. The average molecular weight is 338 g/mol. The Kier molecular flexibility index (Phi) is 5.94. The number of benzene rings is 2. The lowest BCUT2D eigenvalue weighted by Crippen LogP contribution is -2.38. The zero-order chi connectivity index (χ0) is 17.5. The highest BCUT2D eigenvalue weighted by Gasteiger charge is 2.19. The topological polar surface area (TPSA) is 41.6 Å². The normalized spacial score (nSPS) is 15.0. The average Bonchev–Trinajstić information content (AvgIpc) is 2.64. The van der Waals surface area contributed by atoms with E-state index in [0.717, 1.165) is 49.0 Å². The molecular weight excluding hydrogens is 312 g/mol. The van der Waals surface area contributed by atoms with Gasteiger partial charge in [0.25, 0.3) is 0 Å². The van der Waals surface area contributed by atoms with Crippen LogP contribution in [0.1, 0.15) is 26.2 Å². The number of hydrogen-bond donors (Lipinski definition) is 1. The molecule has 0 aromatic heterocycles. The number of nitrogens with zero attached hydrogens (tertiary/aromatic N) is 1. The van der Waals surface area contributed by atoms with Gasteiger partial charge in [-0.05, 0) is 43.0 Å². The first-order chi connectivity index (χ1) is 12.2. The third-order valence-corrected chi connectivity index (χ3v) is 4.65. The van der Waals surface area contributed by atoms with Crippen molar-refractivity contribution in [1.29, 1.82) is 0 Å². The van der Waals surface area contributed by atoms with Crippen LogP contribution in [0, 0.1) is 5.92 Å². The maximum Gasteiger partial charge on any atom is 0.224 e. The van der Waals surface area contributed by atoms with Crippen molar-refractivity contribution in [2.45, 2.75) is 26.2 Å². The number of nitrogens with one attached hydrogen (secondary N) is 1. The predicted molar refractivity (Wildman–Crippen MR) is 101 cm³/mol. The molecule has 2 aromatic rings. The van der Waals surface area contributed by atoms with E-state index < -0.39 is 0 Å².